The first-order chi connectivity index (χ1) is 9.42. The molecule has 0 saturated carbocycles. The van der Waals surface area contributed by atoms with Gasteiger partial charge >= 0.3 is 5.97 Å². The molecule has 0 radical (unpaired) electrons. The number of rotatable bonds is 5. The zero-order valence-corrected chi connectivity index (χ0v) is 12.0. The largest absolute Gasteiger partial charge is 0.478 e. The van der Waals surface area contributed by atoms with Crippen molar-refractivity contribution < 1.29 is 18.3 Å². The Kier molecular flexibility index (Phi) is 4.00. The van der Waals surface area contributed by atoms with Crippen LogP contribution in [0.3, 0.4) is 0 Å². The molecule has 1 aromatic heterocycles. The quantitative estimate of drug-likeness (QED) is 0.867. The van der Waals surface area contributed by atoms with Crippen LogP contribution in [0.15, 0.2) is 29.2 Å². The molecule has 0 spiro atoms. The maximum absolute atomic E-state index is 12.1. The van der Waals surface area contributed by atoms with Gasteiger partial charge in [0, 0.05) is 0 Å². The molecule has 0 atom stereocenters. The summed E-state index contributed by atoms with van der Waals surface area (Å²) in [6.07, 6.45) is 0.673. The number of carboxylic acid groups (broad SMARTS) is 1. The predicted octanol–water partition coefficient (Wildman–Crippen LogP) is 1.60. The third-order valence-electron chi connectivity index (χ3n) is 2.40. The van der Waals surface area contributed by atoms with Crippen LogP contribution in [0.25, 0.3) is 0 Å². The van der Waals surface area contributed by atoms with Crippen molar-refractivity contribution in [3.05, 3.63) is 34.8 Å². The van der Waals surface area contributed by atoms with Crippen LogP contribution in [0.4, 0.5) is 5.13 Å². The Morgan fingerprint density at radius 2 is 1.95 bits per heavy atom. The molecule has 0 fully saturated rings. The van der Waals surface area contributed by atoms with E-state index < -0.39 is 16.0 Å². The molecule has 2 aromatic rings. The van der Waals surface area contributed by atoms with Crippen molar-refractivity contribution in [2.45, 2.75) is 18.2 Å². The lowest BCUT2D eigenvalue weighted by Crippen LogP contribution is -2.13. The number of benzene rings is 1. The van der Waals surface area contributed by atoms with E-state index in [4.69, 9.17) is 5.11 Å². The summed E-state index contributed by atoms with van der Waals surface area (Å²) in [5.41, 5.74) is 0.0214. The number of anilines is 1. The number of nitrogens with one attached hydrogen (secondary N) is 1. The molecule has 0 aliphatic carbocycles. The number of nitrogens with zero attached hydrogens (tertiary/aromatic N) is 2. The van der Waals surface area contributed by atoms with Gasteiger partial charge in [-0.3, -0.25) is 4.72 Å². The number of hydrogen-bond acceptors (Lipinski definition) is 6. The number of aromatic carboxylic acids is 1. The lowest BCUT2D eigenvalue weighted by Gasteiger charge is -2.04. The number of carbonyl (C=O) groups is 1. The van der Waals surface area contributed by atoms with E-state index in [0.717, 1.165) is 16.3 Å². The Morgan fingerprint density at radius 3 is 2.45 bits per heavy atom. The highest BCUT2D eigenvalue weighted by Gasteiger charge is 2.17. The SMILES string of the molecule is CCc1nnc(NS(=O)(=O)c2ccc(C(=O)O)cc2)s1. The van der Waals surface area contributed by atoms with Crippen molar-refractivity contribution in [3.8, 4) is 0 Å². The van der Waals surface area contributed by atoms with Crippen LogP contribution >= 0.6 is 11.3 Å². The van der Waals surface area contributed by atoms with Gasteiger partial charge in [0.05, 0.1) is 10.5 Å². The van der Waals surface area contributed by atoms with Gasteiger partial charge in [-0.05, 0) is 30.7 Å². The summed E-state index contributed by atoms with van der Waals surface area (Å²) in [5, 5.41) is 17.2. The summed E-state index contributed by atoms with van der Waals surface area (Å²) in [4.78, 5) is 10.7. The van der Waals surface area contributed by atoms with E-state index in [1.54, 1.807) is 0 Å². The van der Waals surface area contributed by atoms with E-state index in [2.05, 4.69) is 14.9 Å². The van der Waals surface area contributed by atoms with Crippen molar-refractivity contribution >= 4 is 32.5 Å². The van der Waals surface area contributed by atoms with Crippen LogP contribution in [0.2, 0.25) is 0 Å². The molecule has 20 heavy (non-hydrogen) atoms. The number of aromatic nitrogens is 2. The summed E-state index contributed by atoms with van der Waals surface area (Å²) in [6.45, 7) is 1.89. The van der Waals surface area contributed by atoms with Gasteiger partial charge in [0.1, 0.15) is 5.01 Å². The normalized spacial score (nSPS) is 11.2. The highest BCUT2D eigenvalue weighted by molar-refractivity contribution is 7.93. The van der Waals surface area contributed by atoms with Crippen molar-refractivity contribution in [2.24, 2.45) is 0 Å². The van der Waals surface area contributed by atoms with Crippen molar-refractivity contribution in [1.29, 1.82) is 0 Å². The third-order valence-corrected chi connectivity index (χ3v) is 4.87. The molecule has 7 nitrogen and oxygen atoms in total. The Morgan fingerprint density at radius 1 is 1.30 bits per heavy atom. The van der Waals surface area contributed by atoms with Gasteiger partial charge in [-0.1, -0.05) is 18.3 Å². The molecular formula is C11H11N3O4S2. The molecular weight excluding hydrogens is 302 g/mol. The topological polar surface area (TPSA) is 109 Å². The average Bonchev–Trinajstić information content (AvgIpc) is 2.85. The minimum atomic E-state index is -3.79. The number of aryl methyl sites for hydroxylation is 1. The van der Waals surface area contributed by atoms with E-state index in [1.807, 2.05) is 6.92 Å². The first kappa shape index (κ1) is 14.4. The van der Waals surface area contributed by atoms with Gasteiger partial charge in [0.15, 0.2) is 0 Å². The molecule has 0 saturated heterocycles. The van der Waals surface area contributed by atoms with Crippen LogP contribution in [0, 0.1) is 0 Å². The van der Waals surface area contributed by atoms with E-state index in [-0.39, 0.29) is 15.6 Å². The lowest BCUT2D eigenvalue weighted by molar-refractivity contribution is 0.0697. The fraction of sp³-hybridized carbons (Fsp3) is 0.182. The van der Waals surface area contributed by atoms with E-state index in [9.17, 15) is 13.2 Å². The van der Waals surface area contributed by atoms with Crippen LogP contribution in [-0.4, -0.2) is 29.7 Å². The first-order valence-corrected chi connectivity index (χ1v) is 7.91. The zero-order valence-electron chi connectivity index (χ0n) is 10.4. The molecule has 1 aromatic carbocycles. The summed E-state index contributed by atoms with van der Waals surface area (Å²) in [7, 11) is -3.79. The number of carboxylic acids is 1. The van der Waals surface area contributed by atoms with Crippen molar-refractivity contribution in [1.82, 2.24) is 10.2 Å². The smallest absolute Gasteiger partial charge is 0.335 e. The van der Waals surface area contributed by atoms with E-state index in [0.29, 0.717) is 6.42 Å². The summed E-state index contributed by atoms with van der Waals surface area (Å²) in [6, 6.07) is 4.92. The van der Waals surface area contributed by atoms with Gasteiger partial charge in [-0.2, -0.15) is 0 Å². The fourth-order valence-electron chi connectivity index (χ4n) is 1.39. The molecule has 1 heterocycles. The van der Waals surface area contributed by atoms with Crippen molar-refractivity contribution in [2.75, 3.05) is 4.72 Å². The van der Waals surface area contributed by atoms with Crippen LogP contribution in [-0.2, 0) is 16.4 Å². The Balaban J connectivity index is 2.23. The molecule has 9 heteroatoms. The van der Waals surface area contributed by atoms with Gasteiger partial charge in [0.25, 0.3) is 10.0 Å². The van der Waals surface area contributed by atoms with Crippen LogP contribution < -0.4 is 4.72 Å². The highest BCUT2D eigenvalue weighted by atomic mass is 32.2. The first-order valence-electron chi connectivity index (χ1n) is 5.61. The maximum atomic E-state index is 12.1. The summed E-state index contributed by atoms with van der Waals surface area (Å²) < 4.78 is 26.4. The summed E-state index contributed by atoms with van der Waals surface area (Å²) in [5.74, 6) is -1.11. The average molecular weight is 313 g/mol. The molecule has 0 bridgehead atoms. The minimum absolute atomic E-state index is 0.0214. The van der Waals surface area contributed by atoms with E-state index >= 15 is 0 Å². The Hall–Kier alpha value is -2.00. The second-order valence-corrected chi connectivity index (χ2v) is 6.53. The second kappa shape index (κ2) is 5.55. The summed E-state index contributed by atoms with van der Waals surface area (Å²) >= 11 is 1.16. The zero-order chi connectivity index (χ0) is 14.8. The standard InChI is InChI=1S/C11H11N3O4S2/c1-2-9-12-13-11(19-9)14-20(17,18)8-5-3-7(4-6-8)10(15)16/h3-6H,2H2,1H3,(H,13,14)(H,15,16). The minimum Gasteiger partial charge on any atom is -0.478 e. The molecule has 0 aliphatic heterocycles. The van der Waals surface area contributed by atoms with Gasteiger partial charge in [-0.25, -0.2) is 13.2 Å². The van der Waals surface area contributed by atoms with Crippen molar-refractivity contribution in [3.63, 3.8) is 0 Å². The molecule has 106 valence electrons. The van der Waals surface area contributed by atoms with Gasteiger partial charge in [0.2, 0.25) is 5.13 Å². The Bertz CT molecular complexity index is 722. The Labute approximate surface area is 119 Å². The van der Waals surface area contributed by atoms with Crippen LogP contribution in [0.1, 0.15) is 22.3 Å². The van der Waals surface area contributed by atoms with Gasteiger partial charge in [-0.15, -0.1) is 10.2 Å². The second-order valence-electron chi connectivity index (χ2n) is 3.79. The molecule has 2 N–H and O–H groups in total. The third kappa shape index (κ3) is 3.11. The number of sulfonamides is 1. The molecule has 0 unspecified atom stereocenters. The molecule has 2 rings (SSSR count). The fourth-order valence-corrected chi connectivity index (χ4v) is 3.30. The lowest BCUT2D eigenvalue weighted by atomic mass is 10.2. The predicted molar refractivity (Wildman–Crippen MR) is 73.5 cm³/mol. The van der Waals surface area contributed by atoms with Crippen LogP contribution in [0.5, 0.6) is 0 Å². The number of hydrogen-bond donors (Lipinski definition) is 2. The van der Waals surface area contributed by atoms with Gasteiger partial charge < -0.3 is 5.11 Å². The monoisotopic (exact) mass is 313 g/mol. The van der Waals surface area contributed by atoms with E-state index in [1.165, 1.54) is 24.3 Å². The molecule has 0 amide bonds. The maximum Gasteiger partial charge on any atom is 0.335 e. The molecule has 0 aliphatic rings. The highest BCUT2D eigenvalue weighted by Crippen LogP contribution is 2.20.